The molecule has 1 heterocycles. The Labute approximate surface area is 101 Å². The van der Waals surface area contributed by atoms with Crippen molar-refractivity contribution in [1.82, 2.24) is 0 Å². The highest BCUT2D eigenvalue weighted by Gasteiger charge is 2.08. The Morgan fingerprint density at radius 3 is 2.81 bits per heavy atom. The molecule has 1 aromatic carbocycles. The van der Waals surface area contributed by atoms with Gasteiger partial charge in [0, 0.05) is 31.2 Å². The number of nitrogens with zero attached hydrogens (tertiary/aromatic N) is 2. The van der Waals surface area contributed by atoms with Crippen LogP contribution in [0.2, 0.25) is 0 Å². The third-order valence-electron chi connectivity index (χ3n) is 2.53. The number of nitrogens with one attached hydrogen (secondary N) is 1. The summed E-state index contributed by atoms with van der Waals surface area (Å²) in [6.45, 7) is 3.06. The summed E-state index contributed by atoms with van der Waals surface area (Å²) in [5.41, 5.74) is 3.65. The fourth-order valence-electron chi connectivity index (χ4n) is 1.70. The first-order valence-corrected chi connectivity index (χ1v) is 6.37. The number of benzene rings is 1. The topological polar surface area (TPSA) is 27.6 Å². The van der Waals surface area contributed by atoms with E-state index in [1.54, 1.807) is 11.8 Å². The Hall–Kier alpha value is -1.16. The minimum Gasteiger partial charge on any atom is -0.377 e. The SMILES string of the molecule is Cc1ccc(NC2=NCCS2)cc1N(C)C. The lowest BCUT2D eigenvalue weighted by Gasteiger charge is -2.17. The molecule has 0 amide bonds. The average molecular weight is 235 g/mol. The van der Waals surface area contributed by atoms with Crippen molar-refractivity contribution >= 4 is 28.3 Å². The van der Waals surface area contributed by atoms with Gasteiger partial charge in [-0.3, -0.25) is 4.99 Å². The second-order valence-electron chi connectivity index (χ2n) is 4.06. The van der Waals surface area contributed by atoms with E-state index in [0.29, 0.717) is 0 Å². The van der Waals surface area contributed by atoms with E-state index in [1.807, 2.05) is 0 Å². The summed E-state index contributed by atoms with van der Waals surface area (Å²) in [4.78, 5) is 6.51. The smallest absolute Gasteiger partial charge is 0.161 e. The summed E-state index contributed by atoms with van der Waals surface area (Å²) < 4.78 is 0. The van der Waals surface area contributed by atoms with Crippen LogP contribution in [-0.2, 0) is 0 Å². The van der Waals surface area contributed by atoms with Crippen molar-refractivity contribution in [1.29, 1.82) is 0 Å². The van der Waals surface area contributed by atoms with Crippen LogP contribution in [0.3, 0.4) is 0 Å². The molecule has 0 fully saturated rings. The Bertz CT molecular complexity index is 413. The normalized spacial score (nSPS) is 14.8. The lowest BCUT2D eigenvalue weighted by molar-refractivity contribution is 1.11. The standard InChI is InChI=1S/C12H17N3S/c1-9-4-5-10(8-11(9)15(2)3)14-12-13-6-7-16-12/h4-5,8H,6-7H2,1-3H3,(H,13,14). The maximum atomic E-state index is 4.38. The molecule has 86 valence electrons. The van der Waals surface area contributed by atoms with E-state index >= 15 is 0 Å². The first-order chi connectivity index (χ1) is 7.66. The third kappa shape index (κ3) is 2.50. The van der Waals surface area contributed by atoms with Gasteiger partial charge in [-0.15, -0.1) is 0 Å². The molecule has 0 atom stereocenters. The molecule has 4 heteroatoms. The highest BCUT2D eigenvalue weighted by atomic mass is 32.2. The molecule has 1 N–H and O–H groups in total. The van der Waals surface area contributed by atoms with Gasteiger partial charge in [-0.25, -0.2) is 0 Å². The van der Waals surface area contributed by atoms with Crippen molar-refractivity contribution in [2.75, 3.05) is 36.6 Å². The molecule has 1 aliphatic rings. The predicted octanol–water partition coefficient (Wildman–Crippen LogP) is 2.58. The van der Waals surface area contributed by atoms with Crippen LogP contribution in [0.5, 0.6) is 0 Å². The van der Waals surface area contributed by atoms with Gasteiger partial charge in [0.1, 0.15) is 0 Å². The van der Waals surface area contributed by atoms with Crippen LogP contribution < -0.4 is 10.2 Å². The minimum atomic E-state index is 0.930. The van der Waals surface area contributed by atoms with E-state index in [1.165, 1.54) is 11.3 Å². The fraction of sp³-hybridized carbons (Fsp3) is 0.417. The van der Waals surface area contributed by atoms with Crippen LogP contribution in [0.25, 0.3) is 0 Å². The molecule has 0 aromatic heterocycles. The predicted molar refractivity (Wildman–Crippen MR) is 73.9 cm³/mol. The molecule has 0 saturated carbocycles. The van der Waals surface area contributed by atoms with Gasteiger partial charge in [0.2, 0.25) is 0 Å². The molecule has 1 aromatic rings. The van der Waals surface area contributed by atoms with Gasteiger partial charge < -0.3 is 10.2 Å². The summed E-state index contributed by atoms with van der Waals surface area (Å²) in [6, 6.07) is 6.40. The minimum absolute atomic E-state index is 0.930. The lowest BCUT2D eigenvalue weighted by Crippen LogP contribution is -2.11. The molecule has 3 nitrogen and oxygen atoms in total. The van der Waals surface area contributed by atoms with Crippen LogP contribution in [0, 0.1) is 6.92 Å². The van der Waals surface area contributed by atoms with Gasteiger partial charge in [-0.05, 0) is 24.6 Å². The van der Waals surface area contributed by atoms with E-state index in [-0.39, 0.29) is 0 Å². The monoisotopic (exact) mass is 235 g/mol. The number of hydrogen-bond donors (Lipinski definition) is 1. The summed E-state index contributed by atoms with van der Waals surface area (Å²) in [5.74, 6) is 1.09. The van der Waals surface area contributed by atoms with Crippen LogP contribution in [0.1, 0.15) is 5.56 Å². The molecule has 1 aliphatic heterocycles. The molecule has 0 unspecified atom stereocenters. The maximum absolute atomic E-state index is 4.38. The number of aryl methyl sites for hydroxylation is 1. The van der Waals surface area contributed by atoms with Gasteiger partial charge in [-0.1, -0.05) is 17.8 Å². The number of aliphatic imine (C=N–C) groups is 1. The van der Waals surface area contributed by atoms with Gasteiger partial charge in [0.05, 0.1) is 6.54 Å². The van der Waals surface area contributed by atoms with Crippen molar-refractivity contribution < 1.29 is 0 Å². The lowest BCUT2D eigenvalue weighted by atomic mass is 10.1. The third-order valence-corrected chi connectivity index (χ3v) is 3.42. The van der Waals surface area contributed by atoms with Crippen molar-refractivity contribution in [2.24, 2.45) is 4.99 Å². The van der Waals surface area contributed by atoms with Crippen LogP contribution >= 0.6 is 11.8 Å². The average Bonchev–Trinajstić information content (AvgIpc) is 2.73. The molecule has 2 rings (SSSR count). The Morgan fingerprint density at radius 1 is 1.38 bits per heavy atom. The number of thioether (sulfide) groups is 1. The molecule has 0 saturated heterocycles. The number of anilines is 2. The quantitative estimate of drug-likeness (QED) is 0.854. The van der Waals surface area contributed by atoms with E-state index in [9.17, 15) is 0 Å². The van der Waals surface area contributed by atoms with E-state index in [2.05, 4.69) is 54.4 Å². The maximum Gasteiger partial charge on any atom is 0.161 e. The van der Waals surface area contributed by atoms with E-state index in [4.69, 9.17) is 0 Å². The second kappa shape index (κ2) is 4.78. The Kier molecular flexibility index (Phi) is 3.39. The highest BCUT2D eigenvalue weighted by Crippen LogP contribution is 2.24. The zero-order valence-electron chi connectivity index (χ0n) is 9.95. The summed E-state index contributed by atoms with van der Waals surface area (Å²) in [5, 5.41) is 4.39. The van der Waals surface area contributed by atoms with Gasteiger partial charge in [0.15, 0.2) is 5.17 Å². The van der Waals surface area contributed by atoms with Crippen molar-refractivity contribution in [3.8, 4) is 0 Å². The second-order valence-corrected chi connectivity index (χ2v) is 5.14. The van der Waals surface area contributed by atoms with Crippen LogP contribution in [0.4, 0.5) is 11.4 Å². The fourth-order valence-corrected chi connectivity index (χ4v) is 2.45. The summed E-state index contributed by atoms with van der Waals surface area (Å²) in [6.07, 6.45) is 0. The molecule has 0 aliphatic carbocycles. The van der Waals surface area contributed by atoms with Crippen LogP contribution in [-0.4, -0.2) is 31.6 Å². The molecule has 16 heavy (non-hydrogen) atoms. The van der Waals surface area contributed by atoms with Crippen molar-refractivity contribution in [3.05, 3.63) is 23.8 Å². The molecular weight excluding hydrogens is 218 g/mol. The highest BCUT2D eigenvalue weighted by molar-refractivity contribution is 8.14. The van der Waals surface area contributed by atoms with Crippen LogP contribution in [0.15, 0.2) is 23.2 Å². The van der Waals surface area contributed by atoms with Crippen molar-refractivity contribution in [2.45, 2.75) is 6.92 Å². The van der Waals surface area contributed by atoms with Gasteiger partial charge >= 0.3 is 0 Å². The summed E-state index contributed by atoms with van der Waals surface area (Å²) >= 11 is 1.78. The first kappa shape index (κ1) is 11.3. The number of hydrogen-bond acceptors (Lipinski definition) is 4. The largest absolute Gasteiger partial charge is 0.377 e. The molecule has 0 bridgehead atoms. The first-order valence-electron chi connectivity index (χ1n) is 5.39. The number of amidine groups is 1. The molecule has 0 radical (unpaired) electrons. The summed E-state index contributed by atoms with van der Waals surface area (Å²) in [7, 11) is 4.13. The van der Waals surface area contributed by atoms with Crippen molar-refractivity contribution in [3.63, 3.8) is 0 Å². The Morgan fingerprint density at radius 2 is 2.19 bits per heavy atom. The Balaban J connectivity index is 2.18. The van der Waals surface area contributed by atoms with Gasteiger partial charge in [-0.2, -0.15) is 0 Å². The van der Waals surface area contributed by atoms with E-state index < -0.39 is 0 Å². The molecule has 0 spiro atoms. The molecular formula is C12H17N3S. The zero-order valence-corrected chi connectivity index (χ0v) is 10.8. The van der Waals surface area contributed by atoms with E-state index in [0.717, 1.165) is 23.2 Å². The number of rotatable bonds is 2. The van der Waals surface area contributed by atoms with Gasteiger partial charge in [0.25, 0.3) is 0 Å². The zero-order chi connectivity index (χ0) is 11.5.